The van der Waals surface area contributed by atoms with Crippen molar-refractivity contribution in [3.05, 3.63) is 48.0 Å². The van der Waals surface area contributed by atoms with Crippen LogP contribution in [-0.4, -0.2) is 47.8 Å². The second-order valence-corrected chi connectivity index (χ2v) is 7.95. The van der Waals surface area contributed by atoms with Crippen molar-refractivity contribution >= 4 is 11.8 Å². The number of halogens is 1. The van der Waals surface area contributed by atoms with E-state index in [1.165, 1.54) is 18.9 Å². The number of carbonyl (C=O) groups is 2. The van der Waals surface area contributed by atoms with Gasteiger partial charge in [0.15, 0.2) is 5.76 Å². The molecule has 2 saturated heterocycles. The van der Waals surface area contributed by atoms with Crippen LogP contribution in [0.2, 0.25) is 0 Å². The number of likely N-dealkylation sites (tertiary alicyclic amines) is 2. The molecule has 2 aliphatic heterocycles. The smallest absolute Gasteiger partial charge is 0.289 e. The van der Waals surface area contributed by atoms with Crippen LogP contribution in [0.3, 0.4) is 0 Å². The highest BCUT2D eigenvalue weighted by atomic mass is 19.1. The number of carbonyl (C=O) groups excluding carboxylic acids is 2. The molecule has 0 bridgehead atoms. The first-order chi connectivity index (χ1) is 14.1. The Morgan fingerprint density at radius 1 is 0.862 bits per heavy atom. The first-order valence-electron chi connectivity index (χ1n) is 10.6. The van der Waals surface area contributed by atoms with Crippen LogP contribution in [0, 0.1) is 11.7 Å². The van der Waals surface area contributed by atoms with Crippen molar-refractivity contribution < 1.29 is 18.4 Å². The highest BCUT2D eigenvalue weighted by Crippen LogP contribution is 2.27. The van der Waals surface area contributed by atoms with Crippen molar-refractivity contribution in [1.29, 1.82) is 0 Å². The Bertz CT molecular complexity index is 863. The van der Waals surface area contributed by atoms with Gasteiger partial charge in [0.2, 0.25) is 5.91 Å². The monoisotopic (exact) mass is 398 g/mol. The summed E-state index contributed by atoms with van der Waals surface area (Å²) in [7, 11) is 0. The van der Waals surface area contributed by atoms with Crippen LogP contribution in [0.4, 0.5) is 4.39 Å². The zero-order valence-electron chi connectivity index (χ0n) is 16.6. The third kappa shape index (κ3) is 4.36. The number of hydrogen-bond donors (Lipinski definition) is 0. The molecule has 5 nitrogen and oxygen atoms in total. The van der Waals surface area contributed by atoms with E-state index in [4.69, 9.17) is 4.42 Å². The van der Waals surface area contributed by atoms with Crippen LogP contribution in [0.5, 0.6) is 0 Å². The summed E-state index contributed by atoms with van der Waals surface area (Å²) in [6.45, 7) is 2.81. The third-order valence-corrected chi connectivity index (χ3v) is 6.01. The molecule has 0 unspecified atom stereocenters. The number of furan rings is 1. The van der Waals surface area contributed by atoms with E-state index in [0.29, 0.717) is 37.3 Å². The molecule has 2 aromatic rings. The summed E-state index contributed by atoms with van der Waals surface area (Å²) in [5.74, 6) is 0.224. The molecule has 3 heterocycles. The Morgan fingerprint density at radius 2 is 1.55 bits per heavy atom. The standard InChI is InChI=1S/C23H27FN2O3/c24-19-8-4-3-7-18(19)20-9-10-21(29-20)23(28)26-15-11-17(12-16-26)22(27)25-13-5-1-2-6-14-25/h3-4,7-10,17H,1-2,5-6,11-16H2. The lowest BCUT2D eigenvalue weighted by Crippen LogP contribution is -2.44. The van der Waals surface area contributed by atoms with Gasteiger partial charge < -0.3 is 14.2 Å². The van der Waals surface area contributed by atoms with E-state index >= 15 is 0 Å². The number of hydrogen-bond acceptors (Lipinski definition) is 3. The van der Waals surface area contributed by atoms with Crippen molar-refractivity contribution in [2.45, 2.75) is 38.5 Å². The minimum atomic E-state index is -0.381. The predicted octanol–water partition coefficient (Wildman–Crippen LogP) is 4.34. The normalized spacial score (nSPS) is 18.5. The Kier molecular flexibility index (Phi) is 5.97. The second kappa shape index (κ2) is 8.80. The number of piperidine rings is 1. The van der Waals surface area contributed by atoms with Crippen molar-refractivity contribution in [1.82, 2.24) is 9.80 Å². The fourth-order valence-corrected chi connectivity index (χ4v) is 4.29. The van der Waals surface area contributed by atoms with Gasteiger partial charge in [0.05, 0.1) is 5.56 Å². The molecule has 0 saturated carbocycles. The van der Waals surface area contributed by atoms with Gasteiger partial charge in [-0.3, -0.25) is 9.59 Å². The number of rotatable bonds is 3. The summed E-state index contributed by atoms with van der Waals surface area (Å²) in [5.41, 5.74) is 0.341. The SMILES string of the molecule is O=C(c1ccc(-c2ccccc2F)o1)N1CCC(C(=O)N2CCCCCC2)CC1. The maximum atomic E-state index is 13.9. The van der Waals surface area contributed by atoms with Gasteiger partial charge in [0, 0.05) is 32.1 Å². The highest BCUT2D eigenvalue weighted by Gasteiger charge is 2.31. The van der Waals surface area contributed by atoms with E-state index < -0.39 is 0 Å². The Morgan fingerprint density at radius 3 is 2.24 bits per heavy atom. The first-order valence-corrected chi connectivity index (χ1v) is 10.6. The molecule has 2 amide bonds. The molecular formula is C23H27FN2O3. The minimum Gasteiger partial charge on any atom is -0.451 e. The van der Waals surface area contributed by atoms with Gasteiger partial charge in [-0.1, -0.05) is 25.0 Å². The largest absolute Gasteiger partial charge is 0.451 e. The van der Waals surface area contributed by atoms with Gasteiger partial charge >= 0.3 is 0 Å². The molecule has 0 N–H and O–H groups in total. The molecular weight excluding hydrogens is 371 g/mol. The van der Waals surface area contributed by atoms with Gasteiger partial charge in [-0.2, -0.15) is 0 Å². The number of benzene rings is 1. The molecule has 2 aliphatic rings. The lowest BCUT2D eigenvalue weighted by Gasteiger charge is -2.33. The molecule has 6 heteroatoms. The van der Waals surface area contributed by atoms with Gasteiger partial charge in [-0.15, -0.1) is 0 Å². The fraction of sp³-hybridized carbons (Fsp3) is 0.478. The van der Waals surface area contributed by atoms with Crippen LogP contribution in [-0.2, 0) is 4.79 Å². The lowest BCUT2D eigenvalue weighted by molar-refractivity contribution is -0.136. The van der Waals surface area contributed by atoms with Gasteiger partial charge in [-0.25, -0.2) is 4.39 Å². The molecule has 4 rings (SSSR count). The topological polar surface area (TPSA) is 53.8 Å². The molecule has 154 valence electrons. The van der Waals surface area contributed by atoms with Gasteiger partial charge in [0.25, 0.3) is 5.91 Å². The lowest BCUT2D eigenvalue weighted by atomic mass is 9.95. The van der Waals surface area contributed by atoms with Crippen molar-refractivity contribution in [2.75, 3.05) is 26.2 Å². The van der Waals surface area contributed by atoms with Crippen molar-refractivity contribution in [3.8, 4) is 11.3 Å². The van der Waals surface area contributed by atoms with E-state index in [1.54, 1.807) is 35.2 Å². The van der Waals surface area contributed by atoms with Crippen molar-refractivity contribution in [3.63, 3.8) is 0 Å². The zero-order chi connectivity index (χ0) is 20.2. The van der Waals surface area contributed by atoms with Crippen LogP contribution >= 0.6 is 0 Å². The second-order valence-electron chi connectivity index (χ2n) is 7.95. The Hall–Kier alpha value is -2.63. The Labute approximate surface area is 170 Å². The molecule has 1 aromatic heterocycles. The average Bonchev–Trinajstić information content (AvgIpc) is 3.08. The molecule has 0 spiro atoms. The number of amides is 2. The van der Waals surface area contributed by atoms with Crippen molar-refractivity contribution in [2.24, 2.45) is 5.92 Å². The fourth-order valence-electron chi connectivity index (χ4n) is 4.29. The summed E-state index contributed by atoms with van der Waals surface area (Å²) in [6, 6.07) is 9.56. The van der Waals surface area contributed by atoms with Crippen LogP contribution in [0.25, 0.3) is 11.3 Å². The van der Waals surface area contributed by atoms with E-state index in [-0.39, 0.29) is 29.3 Å². The number of nitrogens with zero attached hydrogens (tertiary/aromatic N) is 2. The van der Waals surface area contributed by atoms with Gasteiger partial charge in [-0.05, 0) is 49.9 Å². The molecule has 0 atom stereocenters. The summed E-state index contributed by atoms with van der Waals surface area (Å²) in [6.07, 6.45) is 5.95. The molecule has 0 radical (unpaired) electrons. The van der Waals surface area contributed by atoms with E-state index in [9.17, 15) is 14.0 Å². The molecule has 2 fully saturated rings. The predicted molar refractivity (Wildman–Crippen MR) is 108 cm³/mol. The molecule has 29 heavy (non-hydrogen) atoms. The van der Waals surface area contributed by atoms with Crippen LogP contribution in [0.15, 0.2) is 40.8 Å². The van der Waals surface area contributed by atoms with E-state index in [2.05, 4.69) is 0 Å². The van der Waals surface area contributed by atoms with E-state index in [0.717, 1.165) is 25.9 Å². The first kappa shape index (κ1) is 19.7. The molecule has 1 aromatic carbocycles. The maximum Gasteiger partial charge on any atom is 0.289 e. The van der Waals surface area contributed by atoms with Crippen LogP contribution in [0.1, 0.15) is 49.1 Å². The Balaban J connectivity index is 1.36. The quantitative estimate of drug-likeness (QED) is 0.773. The summed E-state index contributed by atoms with van der Waals surface area (Å²) < 4.78 is 19.6. The third-order valence-electron chi connectivity index (χ3n) is 6.01. The zero-order valence-corrected chi connectivity index (χ0v) is 16.6. The maximum absolute atomic E-state index is 13.9. The van der Waals surface area contributed by atoms with E-state index in [1.807, 2.05) is 4.90 Å². The summed E-state index contributed by atoms with van der Waals surface area (Å²) >= 11 is 0. The summed E-state index contributed by atoms with van der Waals surface area (Å²) in [4.78, 5) is 29.4. The average molecular weight is 398 g/mol. The van der Waals surface area contributed by atoms with Crippen LogP contribution < -0.4 is 0 Å². The highest BCUT2D eigenvalue weighted by molar-refractivity contribution is 5.92. The molecule has 0 aliphatic carbocycles. The minimum absolute atomic E-state index is 0.00252. The summed E-state index contributed by atoms with van der Waals surface area (Å²) in [5, 5.41) is 0. The van der Waals surface area contributed by atoms with Gasteiger partial charge in [0.1, 0.15) is 11.6 Å².